The van der Waals surface area contributed by atoms with Crippen LogP contribution in [0.15, 0.2) is 42.7 Å². The van der Waals surface area contributed by atoms with E-state index in [4.69, 9.17) is 4.74 Å². The highest BCUT2D eigenvalue weighted by Gasteiger charge is 2.26. The first kappa shape index (κ1) is 14.8. The molecule has 3 aromatic rings. The Kier molecular flexibility index (Phi) is 3.69. The van der Waals surface area contributed by atoms with Crippen molar-refractivity contribution >= 4 is 16.8 Å². The number of fused-ring (bicyclic) bond motifs is 3. The van der Waals surface area contributed by atoms with Crippen LogP contribution >= 0.6 is 0 Å². The summed E-state index contributed by atoms with van der Waals surface area (Å²) in [5.74, 6) is 0.790. The average Bonchev–Trinajstić information content (AvgIpc) is 3.01. The maximum absolute atomic E-state index is 12.5. The molecule has 0 saturated heterocycles. The molecule has 0 aliphatic heterocycles. The van der Waals surface area contributed by atoms with Crippen LogP contribution in [0.2, 0.25) is 0 Å². The topological polar surface area (TPSA) is 67.0 Å². The molecule has 0 radical (unpaired) electrons. The number of nitrogens with one attached hydrogen (secondary N) is 2. The minimum atomic E-state index is -0.0634. The van der Waals surface area contributed by atoms with E-state index in [0.717, 1.165) is 36.2 Å². The lowest BCUT2D eigenvalue weighted by atomic mass is 9.91. The van der Waals surface area contributed by atoms with E-state index in [2.05, 4.69) is 21.4 Å². The molecule has 1 aliphatic carbocycles. The number of ether oxygens (including phenoxy) is 1. The van der Waals surface area contributed by atoms with Crippen molar-refractivity contribution < 1.29 is 9.53 Å². The highest BCUT2D eigenvalue weighted by molar-refractivity contribution is 5.94. The molecular formula is C19H19N3O2. The summed E-state index contributed by atoms with van der Waals surface area (Å²) in [5.41, 5.74) is 4.13. The van der Waals surface area contributed by atoms with Crippen molar-refractivity contribution in [1.82, 2.24) is 15.3 Å². The molecule has 0 bridgehead atoms. The second-order valence-corrected chi connectivity index (χ2v) is 6.08. The van der Waals surface area contributed by atoms with Crippen LogP contribution in [-0.2, 0) is 6.42 Å². The third kappa shape index (κ3) is 2.52. The molecule has 1 atom stereocenters. The van der Waals surface area contributed by atoms with Crippen LogP contribution in [0.5, 0.6) is 5.75 Å². The molecule has 0 unspecified atom stereocenters. The van der Waals surface area contributed by atoms with Crippen LogP contribution in [0.25, 0.3) is 10.9 Å². The lowest BCUT2D eigenvalue weighted by Gasteiger charge is -2.23. The maximum Gasteiger partial charge on any atom is 0.251 e. The molecule has 0 spiro atoms. The summed E-state index contributed by atoms with van der Waals surface area (Å²) < 4.78 is 5.34. The highest BCUT2D eigenvalue weighted by atomic mass is 16.5. The number of aromatic nitrogens is 2. The van der Waals surface area contributed by atoms with Gasteiger partial charge in [0.2, 0.25) is 0 Å². The molecule has 2 aromatic heterocycles. The van der Waals surface area contributed by atoms with Crippen molar-refractivity contribution in [2.24, 2.45) is 0 Å². The zero-order chi connectivity index (χ0) is 16.5. The third-order valence-corrected chi connectivity index (χ3v) is 4.66. The van der Waals surface area contributed by atoms with Gasteiger partial charge in [-0.3, -0.25) is 9.78 Å². The van der Waals surface area contributed by atoms with Gasteiger partial charge in [0.15, 0.2) is 0 Å². The van der Waals surface area contributed by atoms with Gasteiger partial charge in [-0.2, -0.15) is 0 Å². The van der Waals surface area contributed by atoms with Crippen molar-refractivity contribution in [3.05, 3.63) is 59.5 Å². The molecule has 122 valence electrons. The molecule has 1 amide bonds. The SMILES string of the molecule is COc1ccc2[nH]c3c(c2c1)CCC[C@H]3NC(=O)c1ccncc1. The molecule has 1 aliphatic rings. The summed E-state index contributed by atoms with van der Waals surface area (Å²) in [7, 11) is 1.68. The van der Waals surface area contributed by atoms with Crippen molar-refractivity contribution in [3.8, 4) is 5.75 Å². The maximum atomic E-state index is 12.5. The summed E-state index contributed by atoms with van der Waals surface area (Å²) in [6.45, 7) is 0. The fourth-order valence-electron chi connectivity index (χ4n) is 3.46. The van der Waals surface area contributed by atoms with Crippen LogP contribution < -0.4 is 10.1 Å². The van der Waals surface area contributed by atoms with E-state index in [-0.39, 0.29) is 11.9 Å². The Labute approximate surface area is 140 Å². The van der Waals surface area contributed by atoms with E-state index in [9.17, 15) is 4.79 Å². The number of aromatic amines is 1. The van der Waals surface area contributed by atoms with Gasteiger partial charge in [0.05, 0.1) is 13.2 Å². The Morgan fingerprint density at radius 3 is 2.92 bits per heavy atom. The second-order valence-electron chi connectivity index (χ2n) is 6.08. The number of hydrogen-bond donors (Lipinski definition) is 2. The number of H-pyrrole nitrogens is 1. The minimum Gasteiger partial charge on any atom is -0.497 e. The highest BCUT2D eigenvalue weighted by Crippen LogP contribution is 2.36. The lowest BCUT2D eigenvalue weighted by molar-refractivity contribution is 0.0932. The minimum absolute atomic E-state index is 0.00723. The number of carbonyl (C=O) groups excluding carboxylic acids is 1. The van der Waals surface area contributed by atoms with Crippen LogP contribution in [0.4, 0.5) is 0 Å². The van der Waals surface area contributed by atoms with Gasteiger partial charge in [0, 0.05) is 34.6 Å². The summed E-state index contributed by atoms with van der Waals surface area (Å²) in [4.78, 5) is 19.9. The molecule has 4 rings (SSSR count). The Bertz CT molecular complexity index is 886. The van der Waals surface area contributed by atoms with E-state index in [0.29, 0.717) is 5.56 Å². The third-order valence-electron chi connectivity index (χ3n) is 4.66. The summed E-state index contributed by atoms with van der Waals surface area (Å²) in [5, 5.41) is 4.34. The van der Waals surface area contributed by atoms with Crippen molar-refractivity contribution in [1.29, 1.82) is 0 Å². The van der Waals surface area contributed by atoms with Crippen molar-refractivity contribution in [3.63, 3.8) is 0 Å². The van der Waals surface area contributed by atoms with Crippen LogP contribution in [0.3, 0.4) is 0 Å². The van der Waals surface area contributed by atoms with Gasteiger partial charge in [-0.15, -0.1) is 0 Å². The van der Waals surface area contributed by atoms with E-state index in [1.165, 1.54) is 10.9 Å². The number of carbonyl (C=O) groups is 1. The number of hydrogen-bond acceptors (Lipinski definition) is 3. The zero-order valence-electron chi connectivity index (χ0n) is 13.5. The normalized spacial score (nSPS) is 16.6. The number of pyridine rings is 1. The van der Waals surface area contributed by atoms with Gasteiger partial charge in [-0.25, -0.2) is 0 Å². The summed E-state index contributed by atoms with van der Waals surface area (Å²) >= 11 is 0. The number of amides is 1. The molecule has 0 fully saturated rings. The predicted octanol–water partition coefficient (Wildman–Crippen LogP) is 3.38. The first-order valence-electron chi connectivity index (χ1n) is 8.15. The molecule has 5 nitrogen and oxygen atoms in total. The Balaban J connectivity index is 1.67. The van der Waals surface area contributed by atoms with Gasteiger partial charge in [0.25, 0.3) is 5.91 Å². The van der Waals surface area contributed by atoms with Gasteiger partial charge < -0.3 is 15.0 Å². The number of rotatable bonds is 3. The van der Waals surface area contributed by atoms with E-state index < -0.39 is 0 Å². The van der Waals surface area contributed by atoms with Crippen molar-refractivity contribution in [2.75, 3.05) is 7.11 Å². The first-order chi connectivity index (χ1) is 11.8. The van der Waals surface area contributed by atoms with E-state index in [1.807, 2.05) is 12.1 Å². The van der Waals surface area contributed by atoms with Gasteiger partial charge >= 0.3 is 0 Å². The van der Waals surface area contributed by atoms with Gasteiger partial charge in [-0.05, 0) is 55.2 Å². The molecule has 2 N–H and O–H groups in total. The number of aryl methyl sites for hydroxylation is 1. The Morgan fingerprint density at radius 2 is 2.12 bits per heavy atom. The largest absolute Gasteiger partial charge is 0.497 e. The quantitative estimate of drug-likeness (QED) is 0.777. The smallest absolute Gasteiger partial charge is 0.251 e. The number of nitrogens with zero attached hydrogens (tertiary/aromatic N) is 1. The molecular weight excluding hydrogens is 302 g/mol. The average molecular weight is 321 g/mol. The van der Waals surface area contributed by atoms with Crippen LogP contribution in [0, 0.1) is 0 Å². The van der Waals surface area contributed by atoms with Gasteiger partial charge in [-0.1, -0.05) is 0 Å². The fourth-order valence-corrected chi connectivity index (χ4v) is 3.46. The Morgan fingerprint density at radius 1 is 1.29 bits per heavy atom. The van der Waals surface area contributed by atoms with Crippen molar-refractivity contribution in [2.45, 2.75) is 25.3 Å². The lowest BCUT2D eigenvalue weighted by Crippen LogP contribution is -2.31. The Hall–Kier alpha value is -2.82. The number of benzene rings is 1. The number of methoxy groups -OCH3 is 1. The van der Waals surface area contributed by atoms with E-state index >= 15 is 0 Å². The first-order valence-corrected chi connectivity index (χ1v) is 8.15. The zero-order valence-corrected chi connectivity index (χ0v) is 13.5. The standard InChI is InChI=1S/C19H19N3O2/c1-24-13-5-6-16-15(11-13)14-3-2-4-17(18(14)21-16)22-19(23)12-7-9-20-10-8-12/h5-11,17,21H,2-4H2,1H3,(H,22,23)/t17-/m1/s1. The molecule has 2 heterocycles. The fraction of sp³-hybridized carbons (Fsp3) is 0.263. The molecule has 1 aromatic carbocycles. The molecule has 24 heavy (non-hydrogen) atoms. The summed E-state index contributed by atoms with van der Waals surface area (Å²) in [6.07, 6.45) is 6.28. The second kappa shape index (κ2) is 6.00. The summed E-state index contributed by atoms with van der Waals surface area (Å²) in [6, 6.07) is 9.53. The van der Waals surface area contributed by atoms with Crippen LogP contribution in [-0.4, -0.2) is 23.0 Å². The van der Waals surface area contributed by atoms with E-state index in [1.54, 1.807) is 31.6 Å². The van der Waals surface area contributed by atoms with Crippen LogP contribution in [0.1, 0.15) is 40.5 Å². The molecule has 0 saturated carbocycles. The monoisotopic (exact) mass is 321 g/mol. The molecule has 5 heteroatoms. The predicted molar refractivity (Wildman–Crippen MR) is 92.2 cm³/mol. The van der Waals surface area contributed by atoms with Gasteiger partial charge in [0.1, 0.15) is 5.75 Å².